The van der Waals surface area contributed by atoms with Crippen molar-refractivity contribution in [2.45, 2.75) is 12.8 Å². The maximum atomic E-state index is 13.6. The first-order valence-corrected chi connectivity index (χ1v) is 12.2. The van der Waals surface area contributed by atoms with Crippen LogP contribution in [0.1, 0.15) is 54.3 Å². The molecule has 0 unspecified atom stereocenters. The molecular formula is C26H20ClIN2O5. The van der Waals surface area contributed by atoms with E-state index in [2.05, 4.69) is 27.9 Å². The Balaban J connectivity index is 1.71. The molecule has 0 atom stereocenters. The molecule has 0 bridgehead atoms. The molecule has 0 saturated carbocycles. The highest BCUT2D eigenvalue weighted by Crippen LogP contribution is 2.31. The monoisotopic (exact) mass is 602 g/mol. The van der Waals surface area contributed by atoms with Gasteiger partial charge in [-0.05, 0) is 77.5 Å². The van der Waals surface area contributed by atoms with Crippen LogP contribution in [0.25, 0.3) is 0 Å². The molecule has 2 amide bonds. The van der Waals surface area contributed by atoms with Crippen LogP contribution in [0.15, 0.2) is 60.7 Å². The van der Waals surface area contributed by atoms with Crippen molar-refractivity contribution in [3.8, 4) is 0 Å². The number of Topliss-reactive ketones (excluding diaryl/α,β-unsaturated/α-hetero) is 1. The van der Waals surface area contributed by atoms with Crippen molar-refractivity contribution in [2.24, 2.45) is 0 Å². The zero-order chi connectivity index (χ0) is 25.1. The lowest BCUT2D eigenvalue weighted by Crippen LogP contribution is -2.33. The molecular weight excluding hydrogens is 583 g/mol. The summed E-state index contributed by atoms with van der Waals surface area (Å²) in [6, 6.07) is 16.3. The van der Waals surface area contributed by atoms with Crippen molar-refractivity contribution in [3.05, 3.63) is 91.5 Å². The number of fused-ring (bicyclic) bond motifs is 1. The first kappa shape index (κ1) is 24.9. The van der Waals surface area contributed by atoms with Crippen molar-refractivity contribution in [3.63, 3.8) is 0 Å². The van der Waals surface area contributed by atoms with E-state index in [1.54, 1.807) is 36.4 Å². The predicted molar refractivity (Wildman–Crippen MR) is 142 cm³/mol. The number of carbonyl (C=O) groups is 4. The molecule has 0 saturated heterocycles. The maximum Gasteiger partial charge on any atom is 0.338 e. The van der Waals surface area contributed by atoms with Crippen molar-refractivity contribution < 1.29 is 23.9 Å². The van der Waals surface area contributed by atoms with Crippen LogP contribution in [0.3, 0.4) is 0 Å². The molecule has 0 aliphatic carbocycles. The van der Waals surface area contributed by atoms with Crippen LogP contribution in [-0.2, 0) is 4.74 Å². The van der Waals surface area contributed by atoms with Gasteiger partial charge in [0, 0.05) is 32.8 Å². The fourth-order valence-corrected chi connectivity index (χ4v) is 4.71. The van der Waals surface area contributed by atoms with Gasteiger partial charge in [0.25, 0.3) is 11.8 Å². The van der Waals surface area contributed by atoms with Gasteiger partial charge < -0.3 is 15.0 Å². The lowest BCUT2D eigenvalue weighted by atomic mass is 10.0. The van der Waals surface area contributed by atoms with Crippen LogP contribution < -0.4 is 10.2 Å². The molecule has 3 aromatic carbocycles. The zero-order valence-corrected chi connectivity index (χ0v) is 21.6. The van der Waals surface area contributed by atoms with E-state index in [9.17, 15) is 19.2 Å². The summed E-state index contributed by atoms with van der Waals surface area (Å²) in [6.45, 7) is 0.296. The number of rotatable bonds is 4. The first-order valence-electron chi connectivity index (χ1n) is 10.7. The molecule has 7 nitrogen and oxygen atoms in total. The second kappa shape index (κ2) is 10.6. The van der Waals surface area contributed by atoms with Gasteiger partial charge in [-0.1, -0.05) is 23.7 Å². The van der Waals surface area contributed by atoms with E-state index in [0.717, 1.165) is 3.57 Å². The third-order valence-electron chi connectivity index (χ3n) is 5.61. The molecule has 1 heterocycles. The number of carbonyl (C=O) groups excluding carboxylic acids is 4. The minimum Gasteiger partial charge on any atom is -0.465 e. The predicted octanol–water partition coefficient (Wildman–Crippen LogP) is 5.61. The molecule has 0 aromatic heterocycles. The Labute approximate surface area is 220 Å². The van der Waals surface area contributed by atoms with E-state index in [0.29, 0.717) is 40.5 Å². The fraction of sp³-hybridized carbons (Fsp3) is 0.154. The van der Waals surface area contributed by atoms with Gasteiger partial charge >= 0.3 is 5.97 Å². The molecule has 4 rings (SSSR count). The highest BCUT2D eigenvalue weighted by molar-refractivity contribution is 14.1. The Morgan fingerprint density at radius 2 is 1.77 bits per heavy atom. The summed E-state index contributed by atoms with van der Waals surface area (Å²) < 4.78 is 5.69. The Hall–Kier alpha value is -3.24. The number of hydrogen-bond donors (Lipinski definition) is 1. The molecule has 35 heavy (non-hydrogen) atoms. The second-order valence-electron chi connectivity index (χ2n) is 7.83. The summed E-state index contributed by atoms with van der Waals surface area (Å²) in [6.07, 6.45) is 0.749. The topological polar surface area (TPSA) is 92.8 Å². The number of nitrogens with zero attached hydrogens (tertiary/aromatic N) is 1. The van der Waals surface area contributed by atoms with E-state index in [1.165, 1.54) is 24.1 Å². The second-order valence-corrected chi connectivity index (χ2v) is 9.43. The van der Waals surface area contributed by atoms with Crippen LogP contribution in [0.5, 0.6) is 0 Å². The van der Waals surface area contributed by atoms with Crippen molar-refractivity contribution >= 4 is 69.1 Å². The molecule has 1 aliphatic heterocycles. The van der Waals surface area contributed by atoms with Gasteiger partial charge in [0.15, 0.2) is 5.78 Å². The lowest BCUT2D eigenvalue weighted by Gasteiger charge is -2.24. The summed E-state index contributed by atoms with van der Waals surface area (Å²) >= 11 is 8.16. The van der Waals surface area contributed by atoms with Gasteiger partial charge in [-0.25, -0.2) is 4.79 Å². The quantitative estimate of drug-likeness (QED) is 0.310. The zero-order valence-electron chi connectivity index (χ0n) is 18.6. The Kier molecular flexibility index (Phi) is 7.51. The molecule has 3 aromatic rings. The average Bonchev–Trinajstić information content (AvgIpc) is 3.01. The fourth-order valence-electron chi connectivity index (χ4n) is 3.91. The normalized spacial score (nSPS) is 13.0. The number of anilines is 2. The summed E-state index contributed by atoms with van der Waals surface area (Å²) in [4.78, 5) is 53.0. The van der Waals surface area contributed by atoms with E-state index in [-0.39, 0.29) is 29.2 Å². The lowest BCUT2D eigenvalue weighted by molar-refractivity contribution is 0.0596. The maximum absolute atomic E-state index is 13.6. The van der Waals surface area contributed by atoms with Gasteiger partial charge in [-0.15, -0.1) is 0 Å². The highest BCUT2D eigenvalue weighted by atomic mass is 127. The number of ketones is 1. The molecule has 1 N–H and O–H groups in total. The van der Waals surface area contributed by atoms with E-state index < -0.39 is 11.9 Å². The van der Waals surface area contributed by atoms with Crippen LogP contribution >= 0.6 is 34.2 Å². The molecule has 0 fully saturated rings. The Morgan fingerprint density at radius 3 is 2.51 bits per heavy atom. The van der Waals surface area contributed by atoms with Crippen LogP contribution in [0.4, 0.5) is 11.4 Å². The number of ether oxygens (including phenoxy) is 1. The van der Waals surface area contributed by atoms with Gasteiger partial charge in [0.05, 0.1) is 29.5 Å². The Bertz CT molecular complexity index is 1360. The minimum atomic E-state index is -0.721. The van der Waals surface area contributed by atoms with E-state index in [4.69, 9.17) is 16.3 Å². The van der Waals surface area contributed by atoms with Crippen molar-refractivity contribution in [2.75, 3.05) is 23.9 Å². The third kappa shape index (κ3) is 5.23. The Morgan fingerprint density at radius 1 is 1.00 bits per heavy atom. The number of nitrogens with one attached hydrogen (secondary N) is 1. The van der Waals surface area contributed by atoms with Crippen LogP contribution in [0.2, 0.25) is 5.02 Å². The molecule has 0 radical (unpaired) electrons. The SMILES string of the molecule is COC(=O)c1cc(NC(=O)c2ccccc2I)ccc1C(=O)N1CCCC(=O)c2cc(Cl)ccc21. The van der Waals surface area contributed by atoms with Crippen LogP contribution in [0, 0.1) is 3.57 Å². The number of methoxy groups -OCH3 is 1. The number of benzene rings is 3. The molecule has 1 aliphatic rings. The minimum absolute atomic E-state index is 0.00384. The summed E-state index contributed by atoms with van der Waals surface area (Å²) in [7, 11) is 1.22. The van der Waals surface area contributed by atoms with Gasteiger partial charge in [0.2, 0.25) is 0 Å². The molecule has 178 valence electrons. The first-order chi connectivity index (χ1) is 16.8. The number of amides is 2. The van der Waals surface area contributed by atoms with Crippen LogP contribution in [-0.4, -0.2) is 37.2 Å². The van der Waals surface area contributed by atoms with Gasteiger partial charge in [0.1, 0.15) is 0 Å². The van der Waals surface area contributed by atoms with Crippen molar-refractivity contribution in [1.29, 1.82) is 0 Å². The number of esters is 1. The van der Waals surface area contributed by atoms with Gasteiger partial charge in [-0.2, -0.15) is 0 Å². The highest BCUT2D eigenvalue weighted by Gasteiger charge is 2.29. The van der Waals surface area contributed by atoms with Crippen molar-refractivity contribution in [1.82, 2.24) is 0 Å². The molecule has 9 heteroatoms. The summed E-state index contributed by atoms with van der Waals surface area (Å²) in [5.41, 5.74) is 1.73. The number of halogens is 2. The third-order valence-corrected chi connectivity index (χ3v) is 6.79. The largest absolute Gasteiger partial charge is 0.465 e. The molecule has 0 spiro atoms. The summed E-state index contributed by atoms with van der Waals surface area (Å²) in [5, 5.41) is 3.16. The smallest absolute Gasteiger partial charge is 0.338 e. The average molecular weight is 603 g/mol. The number of hydrogen-bond acceptors (Lipinski definition) is 5. The van der Waals surface area contributed by atoms with E-state index >= 15 is 0 Å². The summed E-state index contributed by atoms with van der Waals surface area (Å²) in [5.74, 6) is -1.62. The van der Waals surface area contributed by atoms with E-state index in [1.807, 2.05) is 12.1 Å². The standard InChI is InChI=1S/C26H20ClIN2O5/c1-35-26(34)19-14-16(29-24(32)18-5-2-3-6-21(18)28)9-10-17(19)25(33)30-12-4-7-23(31)20-13-15(27)8-11-22(20)30/h2-3,5-6,8-11,13-14H,4,7,12H2,1H3,(H,29,32). The van der Waals surface area contributed by atoms with Gasteiger partial charge in [-0.3, -0.25) is 14.4 Å².